The van der Waals surface area contributed by atoms with E-state index in [0.717, 1.165) is 37.2 Å². The van der Waals surface area contributed by atoms with Crippen molar-refractivity contribution in [2.24, 2.45) is 18.9 Å². The van der Waals surface area contributed by atoms with E-state index in [9.17, 15) is 4.79 Å². The lowest BCUT2D eigenvalue weighted by Gasteiger charge is -2.17. The van der Waals surface area contributed by atoms with Crippen LogP contribution >= 0.6 is 0 Å². The molecule has 0 aliphatic carbocycles. The zero-order chi connectivity index (χ0) is 13.7. The van der Waals surface area contributed by atoms with Gasteiger partial charge < -0.3 is 10.2 Å². The van der Waals surface area contributed by atoms with Gasteiger partial charge in [-0.1, -0.05) is 5.21 Å². The number of hydrogen-bond acceptors (Lipinski definition) is 4. The molecule has 3 heterocycles. The van der Waals surface area contributed by atoms with Gasteiger partial charge in [0.1, 0.15) is 5.52 Å². The van der Waals surface area contributed by atoms with Gasteiger partial charge in [0.2, 0.25) is 0 Å². The molecule has 1 aromatic carbocycles. The lowest BCUT2D eigenvalue weighted by atomic mass is 10.0. The van der Waals surface area contributed by atoms with Crippen molar-refractivity contribution in [3.63, 3.8) is 0 Å². The molecule has 0 unspecified atom stereocenters. The molecule has 1 N–H and O–H groups in total. The van der Waals surface area contributed by atoms with E-state index >= 15 is 0 Å². The second-order valence-corrected chi connectivity index (χ2v) is 5.81. The summed E-state index contributed by atoms with van der Waals surface area (Å²) in [5, 5.41) is 11.4. The summed E-state index contributed by atoms with van der Waals surface area (Å²) in [6.45, 7) is 3.82. The first kappa shape index (κ1) is 11.8. The summed E-state index contributed by atoms with van der Waals surface area (Å²) in [5.74, 6) is 1.37. The minimum atomic E-state index is 0.118. The number of carbonyl (C=O) groups excluding carboxylic acids is 1. The first-order valence-corrected chi connectivity index (χ1v) is 7.02. The van der Waals surface area contributed by atoms with E-state index in [1.54, 1.807) is 4.68 Å². The number of aryl methyl sites for hydroxylation is 1. The van der Waals surface area contributed by atoms with Crippen LogP contribution in [0.4, 0.5) is 0 Å². The van der Waals surface area contributed by atoms with Crippen molar-refractivity contribution in [1.82, 2.24) is 25.2 Å². The third-order valence-corrected chi connectivity index (χ3v) is 4.53. The van der Waals surface area contributed by atoms with Gasteiger partial charge in [-0.3, -0.25) is 4.79 Å². The zero-order valence-electron chi connectivity index (χ0n) is 11.4. The fourth-order valence-corrected chi connectivity index (χ4v) is 3.38. The average Bonchev–Trinajstić information content (AvgIpc) is 3.12. The molecule has 6 nitrogen and oxygen atoms in total. The molecule has 0 spiro atoms. The molecule has 2 atom stereocenters. The highest BCUT2D eigenvalue weighted by Crippen LogP contribution is 2.27. The van der Waals surface area contributed by atoms with Crippen LogP contribution in [-0.2, 0) is 7.05 Å². The first-order valence-electron chi connectivity index (χ1n) is 7.02. The van der Waals surface area contributed by atoms with Crippen molar-refractivity contribution in [2.75, 3.05) is 26.2 Å². The molecule has 2 saturated heterocycles. The normalized spacial score (nSPS) is 25.4. The van der Waals surface area contributed by atoms with Crippen molar-refractivity contribution in [1.29, 1.82) is 0 Å². The van der Waals surface area contributed by atoms with Crippen molar-refractivity contribution in [2.45, 2.75) is 0 Å². The molecule has 2 aromatic rings. The van der Waals surface area contributed by atoms with Gasteiger partial charge in [0.25, 0.3) is 5.91 Å². The van der Waals surface area contributed by atoms with Crippen LogP contribution in [-0.4, -0.2) is 52.0 Å². The number of amides is 1. The van der Waals surface area contributed by atoms with Gasteiger partial charge in [0.15, 0.2) is 0 Å². The lowest BCUT2D eigenvalue weighted by Crippen LogP contribution is -2.31. The minimum absolute atomic E-state index is 0.118. The molecule has 2 aliphatic rings. The van der Waals surface area contributed by atoms with E-state index in [0.29, 0.717) is 17.4 Å². The molecule has 0 radical (unpaired) electrons. The fourth-order valence-electron chi connectivity index (χ4n) is 3.38. The summed E-state index contributed by atoms with van der Waals surface area (Å²) in [6.07, 6.45) is 0. The Morgan fingerprint density at radius 3 is 2.80 bits per heavy atom. The van der Waals surface area contributed by atoms with E-state index in [1.165, 1.54) is 0 Å². The second-order valence-electron chi connectivity index (χ2n) is 5.81. The number of rotatable bonds is 1. The van der Waals surface area contributed by atoms with Gasteiger partial charge in [0.05, 0.1) is 5.52 Å². The van der Waals surface area contributed by atoms with Crippen LogP contribution in [0.1, 0.15) is 10.4 Å². The highest BCUT2D eigenvalue weighted by atomic mass is 16.2. The number of nitrogens with zero attached hydrogens (tertiary/aromatic N) is 4. The molecule has 4 rings (SSSR count). The summed E-state index contributed by atoms with van der Waals surface area (Å²) in [7, 11) is 1.85. The number of hydrogen-bond donors (Lipinski definition) is 1. The van der Waals surface area contributed by atoms with E-state index in [4.69, 9.17) is 0 Å². The van der Waals surface area contributed by atoms with Crippen LogP contribution in [0, 0.1) is 11.8 Å². The molecule has 0 saturated carbocycles. The maximum Gasteiger partial charge on any atom is 0.253 e. The van der Waals surface area contributed by atoms with Gasteiger partial charge in [-0.05, 0) is 30.0 Å². The summed E-state index contributed by atoms with van der Waals surface area (Å²) in [4.78, 5) is 14.6. The molecule has 1 aromatic heterocycles. The zero-order valence-corrected chi connectivity index (χ0v) is 11.4. The van der Waals surface area contributed by atoms with Gasteiger partial charge in [-0.2, -0.15) is 0 Å². The average molecular weight is 271 g/mol. The van der Waals surface area contributed by atoms with Crippen molar-refractivity contribution in [3.05, 3.63) is 23.8 Å². The fraction of sp³-hybridized carbons (Fsp3) is 0.500. The number of fused-ring (bicyclic) bond motifs is 2. The quantitative estimate of drug-likeness (QED) is 0.808. The van der Waals surface area contributed by atoms with Crippen LogP contribution in [0.5, 0.6) is 0 Å². The SMILES string of the molecule is Cn1nnc2cc(C(=O)N3C[C@H]4CNC[C@H]4C3)ccc21. The van der Waals surface area contributed by atoms with Crippen LogP contribution in [0.15, 0.2) is 18.2 Å². The van der Waals surface area contributed by atoms with Crippen LogP contribution in [0.3, 0.4) is 0 Å². The third-order valence-electron chi connectivity index (χ3n) is 4.53. The molecule has 2 fully saturated rings. The van der Waals surface area contributed by atoms with Gasteiger partial charge >= 0.3 is 0 Å². The highest BCUT2D eigenvalue weighted by molar-refractivity contribution is 5.97. The Morgan fingerprint density at radius 1 is 1.30 bits per heavy atom. The highest BCUT2D eigenvalue weighted by Gasteiger charge is 2.38. The van der Waals surface area contributed by atoms with Crippen molar-refractivity contribution >= 4 is 16.9 Å². The number of carbonyl (C=O) groups is 1. The Labute approximate surface area is 116 Å². The Balaban J connectivity index is 1.60. The predicted molar refractivity (Wildman–Crippen MR) is 74.3 cm³/mol. The summed E-state index contributed by atoms with van der Waals surface area (Å²) in [6, 6.07) is 5.64. The van der Waals surface area contributed by atoms with E-state index in [-0.39, 0.29) is 5.91 Å². The van der Waals surface area contributed by atoms with Crippen molar-refractivity contribution < 1.29 is 4.79 Å². The number of aromatic nitrogens is 3. The summed E-state index contributed by atoms with van der Waals surface area (Å²) >= 11 is 0. The standard InChI is InChI=1S/C14H17N5O/c1-18-13-3-2-9(4-12(13)16-17-18)14(20)19-7-10-5-15-6-11(10)8-19/h2-4,10-11,15H,5-8H2,1H3/t10-,11+. The Morgan fingerprint density at radius 2 is 2.05 bits per heavy atom. The molecule has 2 aliphatic heterocycles. The third kappa shape index (κ3) is 1.71. The summed E-state index contributed by atoms with van der Waals surface area (Å²) < 4.78 is 1.72. The Kier molecular flexibility index (Phi) is 2.53. The molecule has 0 bridgehead atoms. The maximum atomic E-state index is 12.6. The minimum Gasteiger partial charge on any atom is -0.338 e. The largest absolute Gasteiger partial charge is 0.338 e. The predicted octanol–water partition coefficient (Wildman–Crippen LogP) is 0.260. The molecule has 1 amide bonds. The number of benzene rings is 1. The number of likely N-dealkylation sites (tertiary alicyclic amines) is 1. The van der Waals surface area contributed by atoms with Gasteiger partial charge in [0, 0.05) is 38.8 Å². The van der Waals surface area contributed by atoms with E-state index in [1.807, 2.05) is 30.1 Å². The number of nitrogens with one attached hydrogen (secondary N) is 1. The molecule has 6 heteroatoms. The van der Waals surface area contributed by atoms with Gasteiger partial charge in [-0.15, -0.1) is 5.10 Å². The monoisotopic (exact) mass is 271 g/mol. The smallest absolute Gasteiger partial charge is 0.253 e. The Hall–Kier alpha value is -1.95. The molecule has 20 heavy (non-hydrogen) atoms. The maximum absolute atomic E-state index is 12.6. The van der Waals surface area contributed by atoms with Crippen LogP contribution in [0.2, 0.25) is 0 Å². The topological polar surface area (TPSA) is 63.1 Å². The molecule has 104 valence electrons. The Bertz CT molecular complexity index is 667. The van der Waals surface area contributed by atoms with E-state index < -0.39 is 0 Å². The van der Waals surface area contributed by atoms with Crippen molar-refractivity contribution in [3.8, 4) is 0 Å². The van der Waals surface area contributed by atoms with Gasteiger partial charge in [-0.25, -0.2) is 4.68 Å². The second kappa shape index (κ2) is 4.28. The van der Waals surface area contributed by atoms with Crippen LogP contribution in [0.25, 0.3) is 11.0 Å². The summed E-state index contributed by atoms with van der Waals surface area (Å²) in [5.41, 5.74) is 2.44. The van der Waals surface area contributed by atoms with E-state index in [2.05, 4.69) is 15.6 Å². The molecular formula is C14H17N5O. The first-order chi connectivity index (χ1) is 9.72. The van der Waals surface area contributed by atoms with Crippen LogP contribution < -0.4 is 5.32 Å². The molecular weight excluding hydrogens is 254 g/mol. The lowest BCUT2D eigenvalue weighted by molar-refractivity contribution is 0.0782.